The van der Waals surface area contributed by atoms with E-state index in [4.69, 9.17) is 5.26 Å². The molecule has 0 radical (unpaired) electrons. The van der Waals surface area contributed by atoms with Crippen LogP contribution in [-0.2, 0) is 14.8 Å². The third-order valence-electron chi connectivity index (χ3n) is 6.14. The molecule has 0 aliphatic carbocycles. The van der Waals surface area contributed by atoms with E-state index in [1.54, 1.807) is 21.3 Å². The van der Waals surface area contributed by atoms with Crippen LogP contribution in [0.1, 0.15) is 82.6 Å². The van der Waals surface area contributed by atoms with Gasteiger partial charge in [-0.1, -0.05) is 62.6 Å². The third kappa shape index (κ3) is 8.91. The van der Waals surface area contributed by atoms with Crippen LogP contribution < -0.4 is 0 Å². The zero-order chi connectivity index (χ0) is 23.2. The molecular weight excluding hydrogens is 422 g/mol. The van der Waals surface area contributed by atoms with Crippen LogP contribution in [0.25, 0.3) is 0 Å². The van der Waals surface area contributed by atoms with E-state index in [1.165, 1.54) is 19.3 Å². The van der Waals surface area contributed by atoms with Gasteiger partial charge < -0.3 is 4.90 Å². The smallest absolute Gasteiger partial charge is 0.243 e. The molecule has 1 saturated heterocycles. The summed E-state index contributed by atoms with van der Waals surface area (Å²) in [6.07, 6.45) is 11.1. The van der Waals surface area contributed by atoms with E-state index in [2.05, 4.69) is 6.07 Å². The van der Waals surface area contributed by atoms with Crippen LogP contribution in [0.5, 0.6) is 0 Å². The van der Waals surface area contributed by atoms with Gasteiger partial charge in [0.15, 0.2) is 0 Å². The minimum absolute atomic E-state index is 0.0810. The molecule has 7 heteroatoms. The van der Waals surface area contributed by atoms with Crippen molar-refractivity contribution in [2.24, 2.45) is 0 Å². The molecule has 0 atom stereocenters. The van der Waals surface area contributed by atoms with Gasteiger partial charge in [-0.3, -0.25) is 4.79 Å². The molecule has 0 saturated carbocycles. The minimum atomic E-state index is -3.57. The maximum absolute atomic E-state index is 13.3. The largest absolute Gasteiger partial charge is 0.342 e. The second kappa shape index (κ2) is 14.3. The molecule has 1 aromatic rings. The molecule has 1 amide bonds. The normalized spacial score (nSPS) is 19.2. The summed E-state index contributed by atoms with van der Waals surface area (Å²) in [6.45, 7) is 3.73. The first-order valence-electron chi connectivity index (χ1n) is 12.2. The number of carbonyl (C=O) groups is 1. The minimum Gasteiger partial charge on any atom is -0.342 e. The van der Waals surface area contributed by atoms with Crippen molar-refractivity contribution in [1.29, 1.82) is 5.26 Å². The number of sulfonamides is 1. The first-order valence-corrected chi connectivity index (χ1v) is 13.6. The summed E-state index contributed by atoms with van der Waals surface area (Å²) in [6, 6.07) is 9.13. The van der Waals surface area contributed by atoms with Crippen LogP contribution in [0.4, 0.5) is 0 Å². The van der Waals surface area contributed by atoms with Gasteiger partial charge in [-0.25, -0.2) is 8.42 Å². The molecule has 1 aromatic carbocycles. The lowest BCUT2D eigenvalue weighted by atomic mass is 10.1. The van der Waals surface area contributed by atoms with E-state index in [0.717, 1.165) is 44.1 Å². The monoisotopic (exact) mass is 461 g/mol. The summed E-state index contributed by atoms with van der Waals surface area (Å²) < 4.78 is 28.2. The fourth-order valence-electron chi connectivity index (χ4n) is 4.16. The van der Waals surface area contributed by atoms with Gasteiger partial charge in [-0.05, 0) is 38.3 Å². The molecule has 1 aliphatic rings. The molecule has 178 valence electrons. The summed E-state index contributed by atoms with van der Waals surface area (Å²) in [5, 5.41) is 8.96. The van der Waals surface area contributed by atoms with Crippen LogP contribution in [0.2, 0.25) is 0 Å². The number of aryl methyl sites for hydroxylation is 1. The Morgan fingerprint density at radius 3 is 2.03 bits per heavy atom. The van der Waals surface area contributed by atoms with Gasteiger partial charge >= 0.3 is 0 Å². The summed E-state index contributed by atoms with van der Waals surface area (Å²) in [5.41, 5.74) is 1.03. The SMILES string of the molecule is Cc1ccc(S(=O)(=O)N2CCCCCCCCCCCC(=O)N(CCC#N)CCC2)cc1. The molecule has 0 bridgehead atoms. The molecule has 0 N–H and O–H groups in total. The fourth-order valence-corrected chi connectivity index (χ4v) is 5.67. The molecule has 0 unspecified atom stereocenters. The Kier molecular flexibility index (Phi) is 11.8. The standard InChI is InChI=1S/C25H39N3O3S/c1-23-14-16-24(17-15-23)32(30,31)28-21-10-8-6-4-2-3-5-7-9-13-25(29)27(19-11-18-26)20-12-22-28/h14-17H,2-13,19-22H2,1H3. The summed E-state index contributed by atoms with van der Waals surface area (Å²) in [7, 11) is -3.57. The topological polar surface area (TPSA) is 81.5 Å². The quantitative estimate of drug-likeness (QED) is 0.629. The Morgan fingerprint density at radius 1 is 0.844 bits per heavy atom. The Labute approximate surface area is 194 Å². The van der Waals surface area contributed by atoms with Crippen LogP contribution in [0, 0.1) is 18.3 Å². The molecule has 0 spiro atoms. The highest BCUT2D eigenvalue weighted by Gasteiger charge is 2.24. The Hall–Kier alpha value is -1.91. The summed E-state index contributed by atoms with van der Waals surface area (Å²) in [5.74, 6) is 0.0810. The van der Waals surface area contributed by atoms with Gasteiger partial charge in [0, 0.05) is 32.6 Å². The van der Waals surface area contributed by atoms with E-state index in [9.17, 15) is 13.2 Å². The first kappa shape index (κ1) is 26.3. The Bertz CT molecular complexity index is 831. The lowest BCUT2D eigenvalue weighted by Crippen LogP contribution is -2.37. The number of carbonyl (C=O) groups excluding carboxylic acids is 1. The van der Waals surface area contributed by atoms with Crippen molar-refractivity contribution < 1.29 is 13.2 Å². The second-order valence-electron chi connectivity index (χ2n) is 8.79. The fraction of sp³-hybridized carbons (Fsp3) is 0.680. The number of nitrogens with zero attached hydrogens (tertiary/aromatic N) is 3. The van der Waals surface area contributed by atoms with Gasteiger partial charge in [-0.2, -0.15) is 9.57 Å². The lowest BCUT2D eigenvalue weighted by molar-refractivity contribution is -0.131. The molecule has 32 heavy (non-hydrogen) atoms. The number of rotatable bonds is 4. The van der Waals surface area contributed by atoms with Crippen LogP contribution >= 0.6 is 0 Å². The highest BCUT2D eigenvalue weighted by molar-refractivity contribution is 7.89. The van der Waals surface area contributed by atoms with Crippen LogP contribution in [0.15, 0.2) is 29.2 Å². The van der Waals surface area contributed by atoms with Crippen molar-refractivity contribution in [2.75, 3.05) is 26.2 Å². The third-order valence-corrected chi connectivity index (χ3v) is 8.05. The second-order valence-corrected chi connectivity index (χ2v) is 10.7. The average molecular weight is 462 g/mol. The van der Waals surface area contributed by atoms with Gasteiger partial charge in [-0.15, -0.1) is 0 Å². The maximum atomic E-state index is 13.3. The van der Waals surface area contributed by atoms with Gasteiger partial charge in [0.05, 0.1) is 17.4 Å². The predicted molar refractivity (Wildman–Crippen MR) is 128 cm³/mol. The lowest BCUT2D eigenvalue weighted by Gasteiger charge is -2.25. The molecule has 1 fully saturated rings. The number of hydrogen-bond acceptors (Lipinski definition) is 4. The number of nitriles is 1. The van der Waals surface area contributed by atoms with Gasteiger partial charge in [0.25, 0.3) is 0 Å². The summed E-state index contributed by atoms with van der Waals surface area (Å²) >= 11 is 0. The number of amides is 1. The summed E-state index contributed by atoms with van der Waals surface area (Å²) in [4.78, 5) is 14.8. The van der Waals surface area contributed by atoms with Crippen molar-refractivity contribution in [1.82, 2.24) is 9.21 Å². The average Bonchev–Trinajstić information content (AvgIpc) is 2.78. The van der Waals surface area contributed by atoms with E-state index in [-0.39, 0.29) is 5.91 Å². The Balaban J connectivity index is 2.12. The highest BCUT2D eigenvalue weighted by atomic mass is 32.2. The molecule has 2 rings (SSSR count). The van der Waals surface area contributed by atoms with Crippen LogP contribution in [-0.4, -0.2) is 49.7 Å². The van der Waals surface area contributed by atoms with Crippen molar-refractivity contribution in [3.05, 3.63) is 29.8 Å². The van der Waals surface area contributed by atoms with Gasteiger partial charge in [0.1, 0.15) is 0 Å². The van der Waals surface area contributed by atoms with Crippen molar-refractivity contribution >= 4 is 15.9 Å². The molecular formula is C25H39N3O3S. The van der Waals surface area contributed by atoms with E-state index in [0.29, 0.717) is 50.3 Å². The van der Waals surface area contributed by atoms with E-state index < -0.39 is 10.0 Å². The number of benzene rings is 1. The Morgan fingerprint density at radius 2 is 1.41 bits per heavy atom. The molecule has 1 aliphatic heterocycles. The number of hydrogen-bond donors (Lipinski definition) is 0. The predicted octanol–water partition coefficient (Wildman–Crippen LogP) is 5.03. The molecule has 0 aromatic heterocycles. The molecule has 1 heterocycles. The zero-order valence-electron chi connectivity index (χ0n) is 19.6. The molecule has 6 nitrogen and oxygen atoms in total. The van der Waals surface area contributed by atoms with Gasteiger partial charge in [0.2, 0.25) is 15.9 Å². The van der Waals surface area contributed by atoms with Crippen LogP contribution in [0.3, 0.4) is 0 Å². The first-order chi connectivity index (χ1) is 15.4. The van der Waals surface area contributed by atoms with Crippen molar-refractivity contribution in [3.8, 4) is 6.07 Å². The highest BCUT2D eigenvalue weighted by Crippen LogP contribution is 2.19. The van der Waals surface area contributed by atoms with Crippen molar-refractivity contribution in [3.63, 3.8) is 0 Å². The maximum Gasteiger partial charge on any atom is 0.243 e. The van der Waals surface area contributed by atoms with E-state index in [1.807, 2.05) is 19.1 Å². The van der Waals surface area contributed by atoms with Crippen molar-refractivity contribution in [2.45, 2.75) is 88.9 Å². The van der Waals surface area contributed by atoms with E-state index >= 15 is 0 Å². The zero-order valence-corrected chi connectivity index (χ0v) is 20.4.